The van der Waals surface area contributed by atoms with E-state index in [1.807, 2.05) is 30.3 Å². The van der Waals surface area contributed by atoms with Gasteiger partial charge in [-0.3, -0.25) is 14.8 Å². The third-order valence-electron chi connectivity index (χ3n) is 3.55. The quantitative estimate of drug-likeness (QED) is 0.317. The topological polar surface area (TPSA) is 78.4 Å². The Hall–Kier alpha value is -2.66. The van der Waals surface area contributed by atoms with Gasteiger partial charge in [-0.1, -0.05) is 60.7 Å². The van der Waals surface area contributed by atoms with Crippen LogP contribution in [0.1, 0.15) is 23.5 Å². The van der Waals surface area contributed by atoms with Crippen molar-refractivity contribution in [2.75, 3.05) is 6.54 Å². The lowest BCUT2D eigenvalue weighted by atomic mass is 9.97. The zero-order chi connectivity index (χ0) is 16.5. The number of hydrogen-bond acceptors (Lipinski definition) is 3. The van der Waals surface area contributed by atoms with E-state index in [2.05, 4.69) is 5.32 Å². The first-order valence-corrected chi connectivity index (χ1v) is 7.53. The van der Waals surface area contributed by atoms with E-state index in [1.165, 1.54) is 5.56 Å². The van der Waals surface area contributed by atoms with Crippen LogP contribution >= 0.6 is 0 Å². The smallest absolute Gasteiger partial charge is 0.260 e. The summed E-state index contributed by atoms with van der Waals surface area (Å²) in [5, 5.41) is 11.6. The molecule has 0 aromatic heterocycles. The molecule has 5 heteroatoms. The highest BCUT2D eigenvalue weighted by atomic mass is 16.5. The first-order chi connectivity index (χ1) is 11.2. The number of hydroxylamine groups is 1. The summed E-state index contributed by atoms with van der Waals surface area (Å²) in [6.07, 6.45) is 1.63. The molecular formula is C18H20N2O3. The molecule has 0 saturated heterocycles. The van der Waals surface area contributed by atoms with Gasteiger partial charge in [-0.2, -0.15) is 0 Å². The fourth-order valence-corrected chi connectivity index (χ4v) is 2.38. The molecule has 0 aliphatic heterocycles. The van der Waals surface area contributed by atoms with Gasteiger partial charge in [-0.25, -0.2) is 5.48 Å². The Bertz CT molecular complexity index is 629. The molecule has 0 heterocycles. The highest BCUT2D eigenvalue weighted by molar-refractivity contribution is 6.05. The molecule has 1 unspecified atom stereocenters. The Balaban J connectivity index is 1.90. The van der Waals surface area contributed by atoms with Crippen LogP contribution in [0.3, 0.4) is 0 Å². The standard InChI is InChI=1S/C18H20N2O3/c21-17(19-13-7-10-14-8-3-1-4-9-14)16(18(22)20-23)15-11-5-2-6-12-15/h1-6,8-9,11-12,16,23H,7,10,13H2,(H,19,21)(H,20,22). The molecule has 120 valence electrons. The minimum atomic E-state index is -1.06. The molecule has 0 radical (unpaired) electrons. The Kier molecular flexibility index (Phi) is 6.32. The summed E-state index contributed by atoms with van der Waals surface area (Å²) in [5.74, 6) is -2.22. The van der Waals surface area contributed by atoms with Crippen LogP contribution in [0.15, 0.2) is 60.7 Å². The van der Waals surface area contributed by atoms with Crippen LogP contribution in [0.2, 0.25) is 0 Å². The maximum atomic E-state index is 12.3. The molecule has 0 saturated carbocycles. The molecule has 0 fully saturated rings. The molecule has 2 rings (SSSR count). The summed E-state index contributed by atoms with van der Waals surface area (Å²) in [5.41, 5.74) is 3.31. The number of carbonyl (C=O) groups is 2. The lowest BCUT2D eigenvalue weighted by Gasteiger charge is -2.15. The summed E-state index contributed by atoms with van der Waals surface area (Å²) in [6.45, 7) is 0.468. The van der Waals surface area contributed by atoms with Crippen molar-refractivity contribution in [1.82, 2.24) is 10.8 Å². The van der Waals surface area contributed by atoms with Crippen LogP contribution in [0.4, 0.5) is 0 Å². The van der Waals surface area contributed by atoms with Gasteiger partial charge in [0.05, 0.1) is 0 Å². The van der Waals surface area contributed by atoms with Crippen molar-refractivity contribution >= 4 is 11.8 Å². The van der Waals surface area contributed by atoms with E-state index >= 15 is 0 Å². The SMILES string of the molecule is O=C(NO)C(C(=O)NCCCc1ccccc1)c1ccccc1. The molecular weight excluding hydrogens is 292 g/mol. The predicted molar refractivity (Wildman–Crippen MR) is 86.9 cm³/mol. The molecule has 0 spiro atoms. The van der Waals surface area contributed by atoms with E-state index in [9.17, 15) is 9.59 Å². The molecule has 1 atom stereocenters. The minimum absolute atomic E-state index is 0.421. The van der Waals surface area contributed by atoms with E-state index in [1.54, 1.807) is 35.8 Å². The lowest BCUT2D eigenvalue weighted by molar-refractivity contribution is -0.136. The molecule has 0 aliphatic rings. The highest BCUT2D eigenvalue weighted by Crippen LogP contribution is 2.16. The third kappa shape index (κ3) is 4.93. The number of nitrogens with one attached hydrogen (secondary N) is 2. The maximum Gasteiger partial charge on any atom is 0.260 e. The van der Waals surface area contributed by atoms with Gasteiger partial charge in [0.25, 0.3) is 5.91 Å². The van der Waals surface area contributed by atoms with E-state index in [-0.39, 0.29) is 0 Å². The fraction of sp³-hybridized carbons (Fsp3) is 0.222. The monoisotopic (exact) mass is 312 g/mol. The van der Waals surface area contributed by atoms with Gasteiger partial charge >= 0.3 is 0 Å². The Morgan fingerprint density at radius 3 is 2.13 bits per heavy atom. The van der Waals surface area contributed by atoms with Crippen LogP contribution in [-0.2, 0) is 16.0 Å². The van der Waals surface area contributed by atoms with Crippen molar-refractivity contribution in [3.63, 3.8) is 0 Å². The maximum absolute atomic E-state index is 12.3. The summed E-state index contributed by atoms with van der Waals surface area (Å²) in [6, 6.07) is 18.6. The predicted octanol–water partition coefficient (Wildman–Crippen LogP) is 2.02. The fourth-order valence-electron chi connectivity index (χ4n) is 2.38. The van der Waals surface area contributed by atoms with Crippen LogP contribution in [0.25, 0.3) is 0 Å². The van der Waals surface area contributed by atoms with Crippen LogP contribution in [0, 0.1) is 0 Å². The summed E-state index contributed by atoms with van der Waals surface area (Å²) in [4.78, 5) is 24.1. The number of benzene rings is 2. The van der Waals surface area contributed by atoms with Gasteiger partial charge in [0.2, 0.25) is 5.91 Å². The second-order valence-corrected chi connectivity index (χ2v) is 5.20. The Labute approximate surface area is 135 Å². The molecule has 2 aromatic carbocycles. The third-order valence-corrected chi connectivity index (χ3v) is 3.55. The summed E-state index contributed by atoms with van der Waals surface area (Å²) >= 11 is 0. The lowest BCUT2D eigenvalue weighted by Crippen LogP contribution is -2.39. The van der Waals surface area contributed by atoms with Crippen molar-refractivity contribution in [2.45, 2.75) is 18.8 Å². The Morgan fingerprint density at radius 1 is 0.913 bits per heavy atom. The van der Waals surface area contributed by atoms with Gasteiger partial charge in [-0.15, -0.1) is 0 Å². The molecule has 23 heavy (non-hydrogen) atoms. The van der Waals surface area contributed by atoms with Crippen molar-refractivity contribution in [2.24, 2.45) is 0 Å². The highest BCUT2D eigenvalue weighted by Gasteiger charge is 2.27. The first-order valence-electron chi connectivity index (χ1n) is 7.53. The number of carbonyl (C=O) groups excluding carboxylic acids is 2. The minimum Gasteiger partial charge on any atom is -0.355 e. The van der Waals surface area contributed by atoms with Crippen molar-refractivity contribution < 1.29 is 14.8 Å². The summed E-state index contributed by atoms with van der Waals surface area (Å²) < 4.78 is 0. The number of rotatable bonds is 7. The van der Waals surface area contributed by atoms with Crippen LogP contribution in [0.5, 0.6) is 0 Å². The van der Waals surface area contributed by atoms with Crippen LogP contribution < -0.4 is 10.8 Å². The molecule has 2 amide bonds. The van der Waals surface area contributed by atoms with E-state index in [4.69, 9.17) is 5.21 Å². The Morgan fingerprint density at radius 2 is 1.52 bits per heavy atom. The second-order valence-electron chi connectivity index (χ2n) is 5.20. The van der Waals surface area contributed by atoms with Gasteiger partial charge in [0.15, 0.2) is 0 Å². The van der Waals surface area contributed by atoms with Crippen molar-refractivity contribution in [3.8, 4) is 0 Å². The first kappa shape index (κ1) is 16.7. The van der Waals surface area contributed by atoms with E-state index < -0.39 is 17.7 Å². The zero-order valence-electron chi connectivity index (χ0n) is 12.7. The van der Waals surface area contributed by atoms with Crippen molar-refractivity contribution in [3.05, 3.63) is 71.8 Å². The van der Waals surface area contributed by atoms with Gasteiger partial charge in [0, 0.05) is 6.54 Å². The average Bonchev–Trinajstić information content (AvgIpc) is 2.60. The molecule has 0 aliphatic carbocycles. The van der Waals surface area contributed by atoms with E-state index in [0.29, 0.717) is 12.1 Å². The van der Waals surface area contributed by atoms with Gasteiger partial charge < -0.3 is 5.32 Å². The molecule has 2 aromatic rings. The summed E-state index contributed by atoms with van der Waals surface area (Å²) in [7, 11) is 0. The number of amides is 2. The van der Waals surface area contributed by atoms with Gasteiger partial charge in [0.1, 0.15) is 5.92 Å². The molecule has 3 N–H and O–H groups in total. The van der Waals surface area contributed by atoms with Crippen LogP contribution in [-0.4, -0.2) is 23.6 Å². The normalized spacial score (nSPS) is 11.5. The second kappa shape index (κ2) is 8.70. The molecule has 0 bridgehead atoms. The average molecular weight is 312 g/mol. The molecule has 5 nitrogen and oxygen atoms in total. The number of hydrogen-bond donors (Lipinski definition) is 3. The number of aryl methyl sites for hydroxylation is 1. The zero-order valence-corrected chi connectivity index (χ0v) is 12.7. The largest absolute Gasteiger partial charge is 0.355 e. The van der Waals surface area contributed by atoms with Crippen molar-refractivity contribution in [1.29, 1.82) is 0 Å². The van der Waals surface area contributed by atoms with E-state index in [0.717, 1.165) is 12.8 Å². The van der Waals surface area contributed by atoms with Gasteiger partial charge in [-0.05, 0) is 24.0 Å².